The van der Waals surface area contributed by atoms with Crippen LogP contribution < -0.4 is 5.32 Å². The third-order valence-electron chi connectivity index (χ3n) is 2.81. The SMILES string of the molecule is O=C1CC[C@@H](c2ccc(C(=O)CBr)c(F)c2)N1. The summed E-state index contributed by atoms with van der Waals surface area (Å²) < 4.78 is 13.7. The van der Waals surface area contributed by atoms with Crippen molar-refractivity contribution in [1.29, 1.82) is 0 Å². The largest absolute Gasteiger partial charge is 0.349 e. The van der Waals surface area contributed by atoms with E-state index >= 15 is 0 Å². The first-order valence-corrected chi connectivity index (χ1v) is 6.42. The Morgan fingerprint density at radius 3 is 2.82 bits per heavy atom. The van der Waals surface area contributed by atoms with E-state index in [0.29, 0.717) is 18.4 Å². The zero-order chi connectivity index (χ0) is 12.4. The molecule has 0 bridgehead atoms. The Kier molecular flexibility index (Phi) is 3.57. The van der Waals surface area contributed by atoms with Gasteiger partial charge in [-0.15, -0.1) is 0 Å². The number of nitrogens with one attached hydrogen (secondary N) is 1. The molecule has 0 spiro atoms. The topological polar surface area (TPSA) is 46.2 Å². The van der Waals surface area contributed by atoms with Gasteiger partial charge < -0.3 is 5.32 Å². The molecule has 0 radical (unpaired) electrons. The van der Waals surface area contributed by atoms with E-state index in [2.05, 4.69) is 21.2 Å². The molecule has 2 rings (SSSR count). The first-order chi connectivity index (χ1) is 8.11. The molecule has 0 unspecified atom stereocenters. The maximum absolute atomic E-state index is 13.7. The Morgan fingerprint density at radius 2 is 2.29 bits per heavy atom. The van der Waals surface area contributed by atoms with E-state index in [1.165, 1.54) is 12.1 Å². The second-order valence-corrected chi connectivity index (χ2v) is 4.52. The number of carbonyl (C=O) groups excluding carboxylic acids is 2. The van der Waals surface area contributed by atoms with E-state index in [9.17, 15) is 14.0 Å². The van der Waals surface area contributed by atoms with Crippen LogP contribution in [-0.4, -0.2) is 17.0 Å². The van der Waals surface area contributed by atoms with Crippen molar-refractivity contribution >= 4 is 27.6 Å². The number of halogens is 2. The van der Waals surface area contributed by atoms with Gasteiger partial charge in [0.2, 0.25) is 5.91 Å². The molecule has 5 heteroatoms. The van der Waals surface area contributed by atoms with Gasteiger partial charge in [-0.3, -0.25) is 9.59 Å². The number of hydrogen-bond donors (Lipinski definition) is 1. The molecule has 1 N–H and O–H groups in total. The first kappa shape index (κ1) is 12.2. The van der Waals surface area contributed by atoms with Crippen LogP contribution in [0.25, 0.3) is 0 Å². The number of rotatable bonds is 3. The minimum atomic E-state index is -0.534. The fourth-order valence-corrected chi connectivity index (χ4v) is 2.21. The maximum Gasteiger partial charge on any atom is 0.220 e. The fraction of sp³-hybridized carbons (Fsp3) is 0.333. The number of ketones is 1. The molecule has 17 heavy (non-hydrogen) atoms. The monoisotopic (exact) mass is 299 g/mol. The molecule has 1 aliphatic heterocycles. The van der Waals surface area contributed by atoms with Crippen LogP contribution in [0.2, 0.25) is 0 Å². The quantitative estimate of drug-likeness (QED) is 0.688. The number of benzene rings is 1. The van der Waals surface area contributed by atoms with Crippen molar-refractivity contribution in [2.24, 2.45) is 0 Å². The highest BCUT2D eigenvalue weighted by molar-refractivity contribution is 9.09. The Hall–Kier alpha value is -1.23. The van der Waals surface area contributed by atoms with Gasteiger partial charge in [0.15, 0.2) is 5.78 Å². The summed E-state index contributed by atoms with van der Waals surface area (Å²) in [5, 5.41) is 2.86. The van der Waals surface area contributed by atoms with E-state index in [1.807, 2.05) is 0 Å². The number of amides is 1. The third-order valence-corrected chi connectivity index (χ3v) is 3.32. The molecule has 1 aromatic carbocycles. The van der Waals surface area contributed by atoms with Crippen LogP contribution in [0.1, 0.15) is 34.8 Å². The van der Waals surface area contributed by atoms with Gasteiger partial charge in [-0.1, -0.05) is 22.0 Å². The number of Topliss-reactive ketones (excluding diaryl/α,β-unsaturated/α-hetero) is 1. The third kappa shape index (κ3) is 2.54. The Labute approximate surface area is 107 Å². The standard InChI is InChI=1S/C12H11BrFNO2/c13-6-11(16)8-2-1-7(5-9(8)14)10-3-4-12(17)15-10/h1-2,5,10H,3-4,6H2,(H,15,17)/t10-/m0/s1. The fourth-order valence-electron chi connectivity index (χ4n) is 1.91. The molecular formula is C12H11BrFNO2. The second kappa shape index (κ2) is 4.96. The normalized spacial score (nSPS) is 19.2. The minimum Gasteiger partial charge on any atom is -0.349 e. The minimum absolute atomic E-state index is 0.0176. The Bertz CT molecular complexity index is 476. The summed E-state index contributed by atoms with van der Waals surface area (Å²) in [4.78, 5) is 22.4. The summed E-state index contributed by atoms with van der Waals surface area (Å²) in [6.07, 6.45) is 1.14. The summed E-state index contributed by atoms with van der Waals surface area (Å²) in [5.74, 6) is -0.839. The van der Waals surface area contributed by atoms with Crippen LogP contribution in [0.4, 0.5) is 4.39 Å². The lowest BCUT2D eigenvalue weighted by Crippen LogP contribution is -2.18. The molecule has 1 saturated heterocycles. The van der Waals surface area contributed by atoms with E-state index in [1.54, 1.807) is 6.07 Å². The van der Waals surface area contributed by atoms with Crippen molar-refractivity contribution in [1.82, 2.24) is 5.32 Å². The van der Waals surface area contributed by atoms with Crippen molar-refractivity contribution < 1.29 is 14.0 Å². The highest BCUT2D eigenvalue weighted by atomic mass is 79.9. The highest BCUT2D eigenvalue weighted by Gasteiger charge is 2.23. The molecule has 3 nitrogen and oxygen atoms in total. The van der Waals surface area contributed by atoms with E-state index < -0.39 is 5.82 Å². The van der Waals surface area contributed by atoms with Crippen molar-refractivity contribution in [2.45, 2.75) is 18.9 Å². The van der Waals surface area contributed by atoms with Gasteiger partial charge in [0, 0.05) is 6.42 Å². The van der Waals surface area contributed by atoms with Gasteiger partial charge in [0.05, 0.1) is 16.9 Å². The van der Waals surface area contributed by atoms with Crippen molar-refractivity contribution in [3.8, 4) is 0 Å². The van der Waals surface area contributed by atoms with Crippen LogP contribution in [0.3, 0.4) is 0 Å². The smallest absolute Gasteiger partial charge is 0.220 e. The Balaban J connectivity index is 2.24. The highest BCUT2D eigenvalue weighted by Crippen LogP contribution is 2.25. The number of hydrogen-bond acceptors (Lipinski definition) is 2. The summed E-state index contributed by atoms with van der Waals surface area (Å²) in [7, 11) is 0. The molecule has 0 saturated carbocycles. The van der Waals surface area contributed by atoms with E-state index in [-0.39, 0.29) is 28.6 Å². The van der Waals surface area contributed by atoms with Gasteiger partial charge >= 0.3 is 0 Å². The van der Waals surface area contributed by atoms with Crippen molar-refractivity contribution in [2.75, 3.05) is 5.33 Å². The number of carbonyl (C=O) groups is 2. The lowest BCUT2D eigenvalue weighted by atomic mass is 10.0. The van der Waals surface area contributed by atoms with Gasteiger partial charge in [0.25, 0.3) is 0 Å². The molecule has 1 amide bonds. The lowest BCUT2D eigenvalue weighted by Gasteiger charge is -2.11. The Morgan fingerprint density at radius 1 is 1.53 bits per heavy atom. The summed E-state index contributed by atoms with van der Waals surface area (Å²) in [6, 6.07) is 4.35. The van der Waals surface area contributed by atoms with Crippen LogP contribution in [0.5, 0.6) is 0 Å². The lowest BCUT2D eigenvalue weighted by molar-refractivity contribution is -0.119. The summed E-state index contributed by atoms with van der Waals surface area (Å²) in [5.41, 5.74) is 0.787. The molecule has 1 fully saturated rings. The van der Waals surface area contributed by atoms with E-state index in [4.69, 9.17) is 0 Å². The van der Waals surface area contributed by atoms with Crippen molar-refractivity contribution in [3.63, 3.8) is 0 Å². The molecule has 0 aliphatic carbocycles. The number of alkyl halides is 1. The molecular weight excluding hydrogens is 289 g/mol. The average molecular weight is 300 g/mol. The van der Waals surface area contributed by atoms with Gasteiger partial charge in [-0.25, -0.2) is 4.39 Å². The molecule has 90 valence electrons. The zero-order valence-electron chi connectivity index (χ0n) is 9.00. The summed E-state index contributed by atoms with van der Waals surface area (Å²) >= 11 is 3.01. The van der Waals surface area contributed by atoms with Crippen LogP contribution in [-0.2, 0) is 4.79 Å². The molecule has 1 aromatic rings. The van der Waals surface area contributed by atoms with Crippen molar-refractivity contribution in [3.05, 3.63) is 35.1 Å². The second-order valence-electron chi connectivity index (χ2n) is 3.95. The van der Waals surface area contributed by atoms with Crippen LogP contribution in [0.15, 0.2) is 18.2 Å². The van der Waals surface area contributed by atoms with Gasteiger partial charge in [-0.2, -0.15) is 0 Å². The predicted octanol–water partition coefficient (Wildman–Crippen LogP) is 2.35. The van der Waals surface area contributed by atoms with E-state index in [0.717, 1.165) is 0 Å². The average Bonchev–Trinajstić information content (AvgIpc) is 2.75. The maximum atomic E-state index is 13.7. The van der Waals surface area contributed by atoms with Gasteiger partial charge in [0.1, 0.15) is 5.82 Å². The molecule has 0 aromatic heterocycles. The predicted molar refractivity (Wildman–Crippen MR) is 64.6 cm³/mol. The molecule has 1 heterocycles. The first-order valence-electron chi connectivity index (χ1n) is 5.30. The zero-order valence-corrected chi connectivity index (χ0v) is 10.6. The molecule has 1 aliphatic rings. The molecule has 1 atom stereocenters. The van der Waals surface area contributed by atoms with Crippen LogP contribution in [0, 0.1) is 5.82 Å². The summed E-state index contributed by atoms with van der Waals surface area (Å²) in [6.45, 7) is 0. The van der Waals surface area contributed by atoms with Crippen LogP contribution >= 0.6 is 15.9 Å². The van der Waals surface area contributed by atoms with Gasteiger partial charge in [-0.05, 0) is 24.1 Å².